The molecule has 5 nitrogen and oxygen atoms in total. The molecule has 0 radical (unpaired) electrons. The Kier molecular flexibility index (Phi) is 4.90. The fraction of sp³-hybridized carbons (Fsp3) is 0.333. The number of aryl methyl sites for hydroxylation is 1. The van der Waals surface area contributed by atoms with Crippen LogP contribution in [0, 0.1) is 12.8 Å². The maximum Gasteiger partial charge on any atom is 0.277 e. The number of furan rings is 1. The number of hydrazone groups is 1. The Bertz CT molecular complexity index is 769. The zero-order valence-electron chi connectivity index (χ0n) is 13.6. The molecule has 2 atom stereocenters. The quantitative estimate of drug-likeness (QED) is 0.637. The first kappa shape index (κ1) is 16.6. The Morgan fingerprint density at radius 1 is 1.46 bits per heavy atom. The van der Waals surface area contributed by atoms with Gasteiger partial charge in [-0.15, -0.1) is 0 Å². The zero-order chi connectivity index (χ0) is 17.1. The van der Waals surface area contributed by atoms with E-state index in [2.05, 4.69) is 17.5 Å². The van der Waals surface area contributed by atoms with Crippen molar-refractivity contribution in [2.45, 2.75) is 26.2 Å². The first-order valence-corrected chi connectivity index (χ1v) is 8.21. The van der Waals surface area contributed by atoms with Crippen molar-refractivity contribution >= 4 is 23.7 Å². The van der Waals surface area contributed by atoms with Crippen LogP contribution in [-0.2, 0) is 4.79 Å². The lowest BCUT2D eigenvalue weighted by Crippen LogP contribution is -2.24. The first-order valence-electron chi connectivity index (χ1n) is 7.83. The van der Waals surface area contributed by atoms with Crippen LogP contribution in [0.4, 0.5) is 0 Å². The van der Waals surface area contributed by atoms with E-state index in [1.807, 2.05) is 19.1 Å². The third-order valence-corrected chi connectivity index (χ3v) is 4.43. The maximum absolute atomic E-state index is 11.7. The second-order valence-corrected chi connectivity index (χ2v) is 6.46. The van der Waals surface area contributed by atoms with Crippen molar-refractivity contribution in [3.8, 4) is 5.75 Å². The molecule has 1 N–H and O–H groups in total. The van der Waals surface area contributed by atoms with E-state index in [0.29, 0.717) is 28.4 Å². The summed E-state index contributed by atoms with van der Waals surface area (Å²) in [6.07, 6.45) is 2.66. The van der Waals surface area contributed by atoms with E-state index >= 15 is 0 Å². The van der Waals surface area contributed by atoms with Crippen LogP contribution >= 0.6 is 11.6 Å². The SMILES string of the molecule is Cc1cc(OCC(=O)N/N=C\c2ccc([C@H]3C[C@H]3C)o2)ccc1Cl. The number of ether oxygens (including phenoxy) is 1. The summed E-state index contributed by atoms with van der Waals surface area (Å²) in [6.45, 7) is 3.95. The number of amides is 1. The lowest BCUT2D eigenvalue weighted by Gasteiger charge is -2.06. The standard InChI is InChI=1S/C18H19ClN2O3/c1-11-8-15(11)17-6-4-14(24-17)9-20-21-18(22)10-23-13-3-5-16(19)12(2)7-13/h3-7,9,11,15H,8,10H2,1-2H3,(H,21,22)/b20-9-/t11-,15+/m1/s1. The van der Waals surface area contributed by atoms with Crippen LogP contribution in [0.2, 0.25) is 5.02 Å². The number of carbonyl (C=O) groups is 1. The Labute approximate surface area is 145 Å². The number of nitrogens with one attached hydrogen (secondary N) is 1. The van der Waals surface area contributed by atoms with Crippen LogP contribution in [-0.4, -0.2) is 18.7 Å². The normalized spacial score (nSPS) is 19.5. The molecule has 1 aliphatic carbocycles. The van der Waals surface area contributed by atoms with Crippen LogP contribution in [0.1, 0.15) is 36.3 Å². The van der Waals surface area contributed by atoms with Gasteiger partial charge in [0.25, 0.3) is 5.91 Å². The minimum absolute atomic E-state index is 0.124. The number of carbonyl (C=O) groups excluding carboxylic acids is 1. The molecule has 1 amide bonds. The summed E-state index contributed by atoms with van der Waals surface area (Å²) in [6, 6.07) is 9.04. The smallest absolute Gasteiger partial charge is 0.277 e. The fourth-order valence-electron chi connectivity index (χ4n) is 2.41. The minimum Gasteiger partial charge on any atom is -0.484 e. The number of hydrogen-bond donors (Lipinski definition) is 1. The van der Waals surface area contributed by atoms with Gasteiger partial charge in [-0.3, -0.25) is 4.79 Å². The van der Waals surface area contributed by atoms with E-state index in [9.17, 15) is 4.79 Å². The zero-order valence-corrected chi connectivity index (χ0v) is 14.3. The second-order valence-electron chi connectivity index (χ2n) is 6.05. The summed E-state index contributed by atoms with van der Waals surface area (Å²) >= 11 is 5.94. The molecule has 2 aromatic rings. The number of halogens is 1. The van der Waals surface area contributed by atoms with Crippen molar-refractivity contribution in [2.24, 2.45) is 11.0 Å². The van der Waals surface area contributed by atoms with Gasteiger partial charge in [0.15, 0.2) is 6.61 Å². The lowest BCUT2D eigenvalue weighted by molar-refractivity contribution is -0.123. The second kappa shape index (κ2) is 7.09. The molecule has 126 valence electrons. The molecule has 0 unspecified atom stereocenters. The molecule has 1 saturated carbocycles. The molecular formula is C18H19ClN2O3. The monoisotopic (exact) mass is 346 g/mol. The average molecular weight is 347 g/mol. The summed E-state index contributed by atoms with van der Waals surface area (Å²) in [5, 5.41) is 4.54. The third kappa shape index (κ3) is 4.17. The number of hydrogen-bond acceptors (Lipinski definition) is 4. The number of rotatable bonds is 6. The molecule has 1 aromatic heterocycles. The third-order valence-electron chi connectivity index (χ3n) is 4.00. The highest BCUT2D eigenvalue weighted by molar-refractivity contribution is 6.31. The van der Waals surface area contributed by atoms with Crippen molar-refractivity contribution in [1.29, 1.82) is 0 Å². The van der Waals surface area contributed by atoms with Crippen LogP contribution in [0.25, 0.3) is 0 Å². The van der Waals surface area contributed by atoms with Gasteiger partial charge in [-0.25, -0.2) is 5.43 Å². The number of benzene rings is 1. The van der Waals surface area contributed by atoms with Crippen LogP contribution in [0.5, 0.6) is 5.75 Å². The van der Waals surface area contributed by atoms with Crippen molar-refractivity contribution < 1.29 is 13.9 Å². The number of nitrogens with zero attached hydrogens (tertiary/aromatic N) is 1. The van der Waals surface area contributed by atoms with Gasteiger partial charge < -0.3 is 9.15 Å². The summed E-state index contributed by atoms with van der Waals surface area (Å²) in [5.74, 6) is 3.06. The van der Waals surface area contributed by atoms with E-state index in [0.717, 1.165) is 11.3 Å². The molecule has 24 heavy (non-hydrogen) atoms. The topological polar surface area (TPSA) is 63.8 Å². The molecule has 1 aromatic carbocycles. The van der Waals surface area contributed by atoms with E-state index in [1.54, 1.807) is 18.2 Å². The molecule has 1 heterocycles. The first-order chi connectivity index (χ1) is 11.5. The van der Waals surface area contributed by atoms with E-state index in [-0.39, 0.29) is 12.5 Å². The fourth-order valence-corrected chi connectivity index (χ4v) is 2.53. The molecule has 0 bridgehead atoms. The van der Waals surface area contributed by atoms with E-state index in [1.165, 1.54) is 12.6 Å². The average Bonchev–Trinajstić information content (AvgIpc) is 3.09. The molecule has 3 rings (SSSR count). The molecule has 0 aliphatic heterocycles. The van der Waals surface area contributed by atoms with Gasteiger partial charge in [0.1, 0.15) is 17.3 Å². The summed E-state index contributed by atoms with van der Waals surface area (Å²) in [4.78, 5) is 11.7. The molecule has 0 spiro atoms. The molecule has 1 aliphatic rings. The maximum atomic E-state index is 11.7. The summed E-state index contributed by atoms with van der Waals surface area (Å²) in [7, 11) is 0. The lowest BCUT2D eigenvalue weighted by atomic mass is 10.2. The highest BCUT2D eigenvalue weighted by Crippen LogP contribution is 2.47. The van der Waals surface area contributed by atoms with Crippen LogP contribution in [0.3, 0.4) is 0 Å². The van der Waals surface area contributed by atoms with Gasteiger partial charge >= 0.3 is 0 Å². The predicted octanol–water partition coefficient (Wildman–Crippen LogP) is 3.89. The van der Waals surface area contributed by atoms with Gasteiger partial charge in [-0.05, 0) is 55.2 Å². The highest BCUT2D eigenvalue weighted by Gasteiger charge is 2.36. The molecular weight excluding hydrogens is 328 g/mol. The highest BCUT2D eigenvalue weighted by atomic mass is 35.5. The Balaban J connectivity index is 1.44. The van der Waals surface area contributed by atoms with Gasteiger partial charge in [-0.1, -0.05) is 18.5 Å². The van der Waals surface area contributed by atoms with Crippen molar-refractivity contribution in [3.05, 3.63) is 52.4 Å². The molecule has 6 heteroatoms. The van der Waals surface area contributed by atoms with Gasteiger partial charge in [-0.2, -0.15) is 5.10 Å². The van der Waals surface area contributed by atoms with Crippen LogP contribution in [0.15, 0.2) is 39.9 Å². The van der Waals surface area contributed by atoms with E-state index < -0.39 is 0 Å². The largest absolute Gasteiger partial charge is 0.484 e. The predicted molar refractivity (Wildman–Crippen MR) is 92.7 cm³/mol. The molecule has 1 fully saturated rings. The minimum atomic E-state index is -0.346. The van der Waals surface area contributed by atoms with Gasteiger partial charge in [0.2, 0.25) is 0 Å². The summed E-state index contributed by atoms with van der Waals surface area (Å²) in [5.41, 5.74) is 3.30. The van der Waals surface area contributed by atoms with Crippen molar-refractivity contribution in [3.63, 3.8) is 0 Å². The van der Waals surface area contributed by atoms with Gasteiger partial charge in [0.05, 0.1) is 6.21 Å². The Morgan fingerprint density at radius 3 is 2.96 bits per heavy atom. The van der Waals surface area contributed by atoms with Gasteiger partial charge in [0, 0.05) is 10.9 Å². The molecule has 0 saturated heterocycles. The van der Waals surface area contributed by atoms with E-state index in [4.69, 9.17) is 20.8 Å². The van der Waals surface area contributed by atoms with Crippen LogP contribution < -0.4 is 10.2 Å². The van der Waals surface area contributed by atoms with Crippen molar-refractivity contribution in [2.75, 3.05) is 6.61 Å². The van der Waals surface area contributed by atoms with Crippen molar-refractivity contribution in [1.82, 2.24) is 5.43 Å². The summed E-state index contributed by atoms with van der Waals surface area (Å²) < 4.78 is 11.1. The Morgan fingerprint density at radius 2 is 2.25 bits per heavy atom. The Hall–Kier alpha value is -2.27.